The molecule has 168 valence electrons. The summed E-state index contributed by atoms with van der Waals surface area (Å²) in [5.41, 5.74) is 0.761. The highest BCUT2D eigenvalue weighted by Gasteiger charge is 2.25. The van der Waals surface area contributed by atoms with Crippen LogP contribution in [-0.2, 0) is 0 Å². The molecule has 0 atom stereocenters. The van der Waals surface area contributed by atoms with Crippen molar-refractivity contribution in [3.05, 3.63) is 62.7 Å². The van der Waals surface area contributed by atoms with Gasteiger partial charge in [0.25, 0.3) is 11.6 Å². The Morgan fingerprint density at radius 2 is 1.91 bits per heavy atom. The van der Waals surface area contributed by atoms with Gasteiger partial charge in [-0.2, -0.15) is 0 Å². The third kappa shape index (κ3) is 5.51. The van der Waals surface area contributed by atoms with Gasteiger partial charge in [0.1, 0.15) is 5.69 Å². The molecular formula is C21H21ClN4O5S. The highest BCUT2D eigenvalue weighted by atomic mass is 35.5. The molecule has 3 rings (SSSR count). The molecule has 0 saturated carbocycles. The minimum atomic E-state index is -1.17. The van der Waals surface area contributed by atoms with Crippen LogP contribution in [0.1, 0.15) is 40.5 Å². The van der Waals surface area contributed by atoms with E-state index in [-0.39, 0.29) is 26.9 Å². The number of hydrogen-bond acceptors (Lipinski definition) is 6. The number of benzene rings is 2. The van der Waals surface area contributed by atoms with Crippen molar-refractivity contribution in [1.29, 1.82) is 0 Å². The van der Waals surface area contributed by atoms with Crippen molar-refractivity contribution in [1.82, 2.24) is 5.32 Å². The van der Waals surface area contributed by atoms with E-state index in [0.29, 0.717) is 17.3 Å². The number of nitro groups is 1. The molecule has 11 heteroatoms. The second kappa shape index (κ2) is 9.92. The van der Waals surface area contributed by atoms with Gasteiger partial charge < -0.3 is 15.3 Å². The van der Waals surface area contributed by atoms with Crippen molar-refractivity contribution in [2.24, 2.45) is 5.92 Å². The zero-order valence-corrected chi connectivity index (χ0v) is 18.7. The molecule has 1 aliphatic heterocycles. The molecule has 0 aromatic heterocycles. The van der Waals surface area contributed by atoms with E-state index < -0.39 is 16.8 Å². The first-order valence-corrected chi connectivity index (χ1v) is 10.6. The largest absolute Gasteiger partial charge is 0.478 e. The minimum absolute atomic E-state index is 0.00921. The van der Waals surface area contributed by atoms with Gasteiger partial charge in [-0.3, -0.25) is 20.2 Å². The molecule has 0 unspecified atom stereocenters. The Morgan fingerprint density at radius 1 is 1.22 bits per heavy atom. The average Bonchev–Trinajstić information content (AvgIpc) is 2.73. The van der Waals surface area contributed by atoms with Crippen LogP contribution in [0.5, 0.6) is 0 Å². The number of halogens is 1. The van der Waals surface area contributed by atoms with Crippen molar-refractivity contribution in [3.8, 4) is 0 Å². The summed E-state index contributed by atoms with van der Waals surface area (Å²) >= 11 is 11.0. The molecule has 1 fully saturated rings. The summed E-state index contributed by atoms with van der Waals surface area (Å²) in [7, 11) is 0. The first kappa shape index (κ1) is 23.4. The number of thiocarbonyl (C=S) groups is 1. The second-order valence-corrected chi connectivity index (χ2v) is 8.35. The summed E-state index contributed by atoms with van der Waals surface area (Å²) in [4.78, 5) is 36.7. The molecule has 3 N–H and O–H groups in total. The van der Waals surface area contributed by atoms with Crippen LogP contribution in [-0.4, -0.2) is 40.1 Å². The van der Waals surface area contributed by atoms with Crippen LogP contribution < -0.4 is 15.5 Å². The summed E-state index contributed by atoms with van der Waals surface area (Å²) in [6, 6.07) is 8.47. The molecule has 1 saturated heterocycles. The van der Waals surface area contributed by atoms with E-state index in [2.05, 4.69) is 17.6 Å². The maximum absolute atomic E-state index is 12.6. The Bertz CT molecular complexity index is 1090. The van der Waals surface area contributed by atoms with Crippen molar-refractivity contribution < 1.29 is 19.6 Å². The van der Waals surface area contributed by atoms with E-state index >= 15 is 0 Å². The molecule has 1 amide bonds. The summed E-state index contributed by atoms with van der Waals surface area (Å²) < 4.78 is 0. The van der Waals surface area contributed by atoms with Crippen LogP contribution in [0, 0.1) is 16.0 Å². The van der Waals surface area contributed by atoms with Gasteiger partial charge in [0, 0.05) is 30.4 Å². The van der Waals surface area contributed by atoms with E-state index in [4.69, 9.17) is 28.9 Å². The quantitative estimate of drug-likeness (QED) is 0.331. The number of amides is 1. The SMILES string of the molecule is CC1CCN(c2ccc(C(=O)NC(=S)Nc3ccc(C(=O)O)c(Cl)c3)cc2[N+](=O)[O-])CC1. The number of nitro benzene ring substituents is 1. The Labute approximate surface area is 194 Å². The molecule has 1 aliphatic rings. The molecule has 9 nitrogen and oxygen atoms in total. The molecule has 2 aromatic carbocycles. The standard InChI is InChI=1S/C21H21ClN4O5S/c1-12-6-8-25(9-7-12)17-5-2-13(10-18(17)26(30)31)19(27)24-21(32)23-14-3-4-15(20(28)29)16(22)11-14/h2-5,10-12H,6-9H2,1H3,(H,28,29)(H2,23,24,27,32). The van der Waals surface area contributed by atoms with Crippen LogP contribution in [0.2, 0.25) is 5.02 Å². The van der Waals surface area contributed by atoms with Gasteiger partial charge in [0.05, 0.1) is 15.5 Å². The molecule has 32 heavy (non-hydrogen) atoms. The zero-order chi connectivity index (χ0) is 23.4. The number of carboxylic acid groups (broad SMARTS) is 1. The highest BCUT2D eigenvalue weighted by Crippen LogP contribution is 2.32. The fourth-order valence-corrected chi connectivity index (χ4v) is 3.90. The smallest absolute Gasteiger partial charge is 0.337 e. The van der Waals surface area contributed by atoms with Gasteiger partial charge in [-0.05, 0) is 61.3 Å². The Kier molecular flexibility index (Phi) is 7.26. The van der Waals surface area contributed by atoms with E-state index in [1.54, 1.807) is 6.07 Å². The third-order valence-corrected chi connectivity index (χ3v) is 5.76. The lowest BCUT2D eigenvalue weighted by Gasteiger charge is -2.31. The van der Waals surface area contributed by atoms with Gasteiger partial charge >= 0.3 is 5.97 Å². The van der Waals surface area contributed by atoms with Crippen molar-refractivity contribution in [2.75, 3.05) is 23.3 Å². The van der Waals surface area contributed by atoms with Crippen molar-refractivity contribution >= 4 is 57.9 Å². The average molecular weight is 477 g/mol. The summed E-state index contributed by atoms with van der Waals surface area (Å²) in [5, 5.41) is 25.8. The van der Waals surface area contributed by atoms with Gasteiger partial charge in [-0.1, -0.05) is 18.5 Å². The fraction of sp³-hybridized carbons (Fsp3) is 0.286. The lowest BCUT2D eigenvalue weighted by atomic mass is 9.98. The molecule has 1 heterocycles. The fourth-order valence-electron chi connectivity index (χ4n) is 3.43. The van der Waals surface area contributed by atoms with E-state index in [1.807, 2.05) is 4.90 Å². The molecular weight excluding hydrogens is 456 g/mol. The second-order valence-electron chi connectivity index (χ2n) is 7.54. The minimum Gasteiger partial charge on any atom is -0.478 e. The van der Waals surface area contributed by atoms with Crippen LogP contribution in [0.4, 0.5) is 17.1 Å². The molecule has 0 aliphatic carbocycles. The van der Waals surface area contributed by atoms with Crippen LogP contribution in [0.15, 0.2) is 36.4 Å². The van der Waals surface area contributed by atoms with Crippen LogP contribution >= 0.6 is 23.8 Å². The van der Waals surface area contributed by atoms with Crippen LogP contribution in [0.3, 0.4) is 0 Å². The number of anilines is 2. The number of carboxylic acids is 1. The topological polar surface area (TPSA) is 125 Å². The summed E-state index contributed by atoms with van der Waals surface area (Å²) in [5.74, 6) is -1.20. The molecule has 0 spiro atoms. The van der Waals surface area contributed by atoms with Crippen molar-refractivity contribution in [2.45, 2.75) is 19.8 Å². The summed E-state index contributed by atoms with van der Waals surface area (Å²) in [6.07, 6.45) is 1.91. The first-order chi connectivity index (χ1) is 15.2. The number of nitrogens with zero attached hydrogens (tertiary/aromatic N) is 2. The number of piperidine rings is 1. The lowest BCUT2D eigenvalue weighted by Crippen LogP contribution is -2.35. The molecule has 2 aromatic rings. The molecule has 0 radical (unpaired) electrons. The predicted molar refractivity (Wildman–Crippen MR) is 126 cm³/mol. The van der Waals surface area contributed by atoms with E-state index in [1.165, 1.54) is 30.3 Å². The molecule has 0 bridgehead atoms. The highest BCUT2D eigenvalue weighted by molar-refractivity contribution is 7.80. The first-order valence-electron chi connectivity index (χ1n) is 9.84. The van der Waals surface area contributed by atoms with E-state index in [9.17, 15) is 19.7 Å². The number of rotatable bonds is 5. The number of aromatic carboxylic acids is 1. The predicted octanol–water partition coefficient (Wildman–Crippen LogP) is 4.31. The number of carbonyl (C=O) groups excluding carboxylic acids is 1. The monoisotopic (exact) mass is 476 g/mol. The number of carbonyl (C=O) groups is 2. The number of hydrogen-bond donors (Lipinski definition) is 3. The maximum Gasteiger partial charge on any atom is 0.337 e. The van der Waals surface area contributed by atoms with Gasteiger partial charge in [-0.25, -0.2) is 4.79 Å². The third-order valence-electron chi connectivity index (χ3n) is 5.24. The van der Waals surface area contributed by atoms with Gasteiger partial charge in [0.15, 0.2) is 5.11 Å². The van der Waals surface area contributed by atoms with Crippen molar-refractivity contribution in [3.63, 3.8) is 0 Å². The van der Waals surface area contributed by atoms with Gasteiger partial charge in [-0.15, -0.1) is 0 Å². The lowest BCUT2D eigenvalue weighted by molar-refractivity contribution is -0.384. The Morgan fingerprint density at radius 3 is 2.50 bits per heavy atom. The van der Waals surface area contributed by atoms with Crippen LogP contribution in [0.25, 0.3) is 0 Å². The Hall–Kier alpha value is -3.24. The van der Waals surface area contributed by atoms with Gasteiger partial charge in [0.2, 0.25) is 0 Å². The number of nitrogens with one attached hydrogen (secondary N) is 2. The normalized spacial score (nSPS) is 14.0. The summed E-state index contributed by atoms with van der Waals surface area (Å²) in [6.45, 7) is 3.61. The maximum atomic E-state index is 12.6. The zero-order valence-electron chi connectivity index (χ0n) is 17.1. The Balaban J connectivity index is 1.71. The van der Waals surface area contributed by atoms with E-state index in [0.717, 1.165) is 25.9 Å².